The van der Waals surface area contributed by atoms with E-state index < -0.39 is 5.97 Å². The van der Waals surface area contributed by atoms with Crippen molar-refractivity contribution in [3.8, 4) is 22.4 Å². The van der Waals surface area contributed by atoms with Crippen LogP contribution in [0.3, 0.4) is 0 Å². The molecule has 0 fully saturated rings. The topological polar surface area (TPSA) is 54.6 Å². The van der Waals surface area contributed by atoms with Crippen LogP contribution in [-0.2, 0) is 4.79 Å². The van der Waals surface area contributed by atoms with Crippen molar-refractivity contribution >= 4 is 29.3 Å². The number of benzene rings is 2. The van der Waals surface area contributed by atoms with Gasteiger partial charge in [-0.15, -0.1) is 0 Å². The Labute approximate surface area is 161 Å². The molecule has 0 atom stereocenters. The van der Waals surface area contributed by atoms with Gasteiger partial charge in [-0.2, -0.15) is 0 Å². The second-order valence-electron chi connectivity index (χ2n) is 6.04. The van der Waals surface area contributed by atoms with Gasteiger partial charge in [0, 0.05) is 17.8 Å². The van der Waals surface area contributed by atoms with Crippen molar-refractivity contribution in [2.45, 2.75) is 0 Å². The predicted octanol–water partition coefficient (Wildman–Crippen LogP) is 5.42. The summed E-state index contributed by atoms with van der Waals surface area (Å²) in [7, 11) is 0. The largest absolute Gasteiger partial charge is 0.478 e. The molecular weight excluding hydrogens is 360 g/mol. The van der Waals surface area contributed by atoms with Crippen LogP contribution >= 0.6 is 11.6 Å². The number of aliphatic carboxylic acids is 1. The summed E-state index contributed by atoms with van der Waals surface area (Å²) in [5, 5.41) is 9.57. The Bertz CT molecular complexity index is 1150. The number of aromatic nitrogens is 2. The molecular formula is C22H15ClN2O2. The van der Waals surface area contributed by atoms with Crippen LogP contribution < -0.4 is 0 Å². The number of imidazole rings is 1. The summed E-state index contributed by atoms with van der Waals surface area (Å²) in [6.45, 7) is 0. The first kappa shape index (κ1) is 17.1. The molecule has 132 valence electrons. The van der Waals surface area contributed by atoms with Crippen molar-refractivity contribution in [2.24, 2.45) is 0 Å². The lowest BCUT2D eigenvalue weighted by atomic mass is 10.0. The van der Waals surface area contributed by atoms with Crippen molar-refractivity contribution in [2.75, 3.05) is 0 Å². The summed E-state index contributed by atoms with van der Waals surface area (Å²) in [5.41, 5.74) is 5.22. The number of halogens is 1. The van der Waals surface area contributed by atoms with E-state index in [1.54, 1.807) is 22.7 Å². The quantitative estimate of drug-likeness (QED) is 0.485. The van der Waals surface area contributed by atoms with Gasteiger partial charge in [-0.05, 0) is 29.3 Å². The van der Waals surface area contributed by atoms with Crippen LogP contribution in [0.4, 0.5) is 0 Å². The number of hydrogen-bond donors (Lipinski definition) is 1. The fourth-order valence-electron chi connectivity index (χ4n) is 3.01. The number of carbonyl (C=O) groups is 1. The molecule has 0 saturated heterocycles. The Morgan fingerprint density at radius 2 is 1.59 bits per heavy atom. The average Bonchev–Trinajstić information content (AvgIpc) is 3.05. The Morgan fingerprint density at radius 1 is 0.926 bits per heavy atom. The minimum absolute atomic E-state index is 0.552. The summed E-state index contributed by atoms with van der Waals surface area (Å²) < 4.78 is 1.79. The van der Waals surface area contributed by atoms with Gasteiger partial charge in [0.05, 0.1) is 16.4 Å². The summed E-state index contributed by atoms with van der Waals surface area (Å²) >= 11 is 6.11. The maximum absolute atomic E-state index is 11.0. The van der Waals surface area contributed by atoms with E-state index >= 15 is 0 Å². The molecule has 0 aliphatic carbocycles. The molecule has 0 amide bonds. The summed E-state index contributed by atoms with van der Waals surface area (Å²) in [6, 6.07) is 21.7. The van der Waals surface area contributed by atoms with Gasteiger partial charge in [-0.3, -0.25) is 4.40 Å². The molecule has 2 aromatic heterocycles. The first-order chi connectivity index (χ1) is 13.1. The monoisotopic (exact) mass is 374 g/mol. The van der Waals surface area contributed by atoms with E-state index in [1.165, 1.54) is 0 Å². The van der Waals surface area contributed by atoms with Crippen LogP contribution in [0.2, 0.25) is 5.02 Å². The van der Waals surface area contributed by atoms with Crippen LogP contribution in [0, 0.1) is 0 Å². The van der Waals surface area contributed by atoms with E-state index in [9.17, 15) is 4.79 Å². The number of nitrogens with zero attached hydrogens (tertiary/aromatic N) is 2. The lowest BCUT2D eigenvalue weighted by Gasteiger charge is -2.04. The van der Waals surface area contributed by atoms with Crippen LogP contribution in [0.15, 0.2) is 79.0 Å². The molecule has 0 aliphatic heterocycles. The highest BCUT2D eigenvalue weighted by Gasteiger charge is 2.13. The maximum Gasteiger partial charge on any atom is 0.328 e. The number of pyridine rings is 1. The van der Waals surface area contributed by atoms with Gasteiger partial charge >= 0.3 is 5.97 Å². The lowest BCUT2D eigenvalue weighted by Crippen LogP contribution is -1.91. The minimum atomic E-state index is -1.02. The molecule has 2 heterocycles. The third kappa shape index (κ3) is 3.48. The minimum Gasteiger partial charge on any atom is -0.478 e. The van der Waals surface area contributed by atoms with Gasteiger partial charge in [0.15, 0.2) is 0 Å². The fraction of sp³-hybridized carbons (Fsp3) is 0. The summed E-state index contributed by atoms with van der Waals surface area (Å²) in [4.78, 5) is 15.7. The number of rotatable bonds is 4. The third-order valence-electron chi connectivity index (χ3n) is 4.27. The fourth-order valence-corrected chi connectivity index (χ4v) is 3.17. The van der Waals surface area contributed by atoms with E-state index in [1.807, 2.05) is 48.5 Å². The molecule has 2 aromatic carbocycles. The molecule has 4 rings (SSSR count). The van der Waals surface area contributed by atoms with Crippen molar-refractivity contribution in [1.82, 2.24) is 9.38 Å². The SMILES string of the molecule is O=C(O)/C=C\c1c(-c2ccc(-c3ccccc3)cc2)nc2ccc(Cl)cn12. The van der Waals surface area contributed by atoms with Gasteiger partial charge in [0.1, 0.15) is 5.65 Å². The van der Waals surface area contributed by atoms with Gasteiger partial charge < -0.3 is 5.11 Å². The zero-order chi connectivity index (χ0) is 18.8. The highest BCUT2D eigenvalue weighted by atomic mass is 35.5. The summed E-state index contributed by atoms with van der Waals surface area (Å²) in [6.07, 6.45) is 4.37. The number of carboxylic acid groups (broad SMARTS) is 1. The van der Waals surface area contributed by atoms with Crippen LogP contribution in [0.1, 0.15) is 5.69 Å². The Hall–Kier alpha value is -3.37. The molecule has 0 saturated carbocycles. The van der Waals surface area contributed by atoms with E-state index in [0.717, 1.165) is 22.8 Å². The summed E-state index contributed by atoms with van der Waals surface area (Å²) in [5.74, 6) is -1.02. The van der Waals surface area contributed by atoms with Gasteiger partial charge in [0.25, 0.3) is 0 Å². The van der Waals surface area contributed by atoms with E-state index in [4.69, 9.17) is 16.7 Å². The molecule has 0 unspecified atom stereocenters. The van der Waals surface area contributed by atoms with Crippen molar-refractivity contribution in [3.05, 3.63) is 89.7 Å². The Morgan fingerprint density at radius 3 is 2.30 bits per heavy atom. The molecule has 4 aromatic rings. The first-order valence-corrected chi connectivity index (χ1v) is 8.74. The van der Waals surface area contributed by atoms with Crippen molar-refractivity contribution in [3.63, 3.8) is 0 Å². The second-order valence-corrected chi connectivity index (χ2v) is 6.47. The lowest BCUT2D eigenvalue weighted by molar-refractivity contribution is -0.131. The first-order valence-electron chi connectivity index (χ1n) is 8.36. The smallest absolute Gasteiger partial charge is 0.328 e. The third-order valence-corrected chi connectivity index (χ3v) is 4.49. The number of hydrogen-bond acceptors (Lipinski definition) is 2. The highest BCUT2D eigenvalue weighted by Crippen LogP contribution is 2.29. The molecule has 5 heteroatoms. The van der Waals surface area contributed by atoms with E-state index in [0.29, 0.717) is 22.1 Å². The zero-order valence-electron chi connectivity index (χ0n) is 14.2. The Kier molecular flexibility index (Phi) is 4.48. The van der Waals surface area contributed by atoms with Gasteiger partial charge in [0.2, 0.25) is 0 Å². The van der Waals surface area contributed by atoms with E-state index in [2.05, 4.69) is 17.1 Å². The van der Waals surface area contributed by atoms with Crippen LogP contribution in [-0.4, -0.2) is 20.5 Å². The maximum atomic E-state index is 11.0. The highest BCUT2D eigenvalue weighted by molar-refractivity contribution is 6.30. The molecule has 1 N–H and O–H groups in total. The van der Waals surface area contributed by atoms with Gasteiger partial charge in [-0.1, -0.05) is 66.2 Å². The van der Waals surface area contributed by atoms with E-state index in [-0.39, 0.29) is 0 Å². The van der Waals surface area contributed by atoms with Crippen LogP contribution in [0.25, 0.3) is 34.1 Å². The van der Waals surface area contributed by atoms with Gasteiger partial charge in [-0.25, -0.2) is 9.78 Å². The molecule has 0 radical (unpaired) electrons. The predicted molar refractivity (Wildman–Crippen MR) is 108 cm³/mol. The van der Waals surface area contributed by atoms with Crippen LogP contribution in [0.5, 0.6) is 0 Å². The zero-order valence-corrected chi connectivity index (χ0v) is 15.0. The van der Waals surface area contributed by atoms with Crippen molar-refractivity contribution in [1.29, 1.82) is 0 Å². The second kappa shape index (κ2) is 7.09. The molecule has 0 spiro atoms. The molecule has 0 aliphatic rings. The standard InChI is InChI=1S/C22H15ClN2O2/c23-18-10-12-20-24-22(19(25(20)14-18)11-13-21(26)27)17-8-6-16(7-9-17)15-4-2-1-3-5-15/h1-14H,(H,26,27)/b13-11-. The number of fused-ring (bicyclic) bond motifs is 1. The normalized spacial score (nSPS) is 11.3. The average molecular weight is 375 g/mol. The van der Waals surface area contributed by atoms with Crippen molar-refractivity contribution < 1.29 is 9.90 Å². The molecule has 0 bridgehead atoms. The Balaban J connectivity index is 1.83. The number of carboxylic acids is 1. The molecule has 27 heavy (non-hydrogen) atoms. The molecule has 4 nitrogen and oxygen atoms in total.